The molecule has 0 bridgehead atoms. The molecule has 0 aliphatic carbocycles. The van der Waals surface area contributed by atoms with Gasteiger partial charge in [-0.15, -0.1) is 0 Å². The van der Waals surface area contributed by atoms with Gasteiger partial charge in [-0.3, -0.25) is 0 Å². The molecule has 1 aromatic rings. The smallest absolute Gasteiger partial charge is 0.321 e. The van der Waals surface area contributed by atoms with Crippen molar-refractivity contribution in [2.45, 2.75) is 44.9 Å². The van der Waals surface area contributed by atoms with Crippen LogP contribution in [0.15, 0.2) is 17.0 Å². The molecule has 0 radical (unpaired) electrons. The van der Waals surface area contributed by atoms with Crippen LogP contribution in [0.1, 0.15) is 37.5 Å². The van der Waals surface area contributed by atoms with Gasteiger partial charge in [-0.25, -0.2) is 0 Å². The Kier molecular flexibility index (Phi) is 5.29. The van der Waals surface area contributed by atoms with Gasteiger partial charge in [-0.2, -0.15) is 0 Å². The molecular formula is C12H19O3PS. The second-order valence-corrected chi connectivity index (χ2v) is 7.40. The molecule has 0 saturated heterocycles. The predicted octanol–water partition coefficient (Wildman–Crippen LogP) is 1.84. The summed E-state index contributed by atoms with van der Waals surface area (Å²) >= 11 is 0. The molecule has 0 fully saturated rings. The third-order valence-corrected chi connectivity index (χ3v) is 4.91. The largest absolute Gasteiger partial charge is 0.742 e. The topological polar surface area (TPSA) is 63.5 Å². The molecule has 3 nitrogen and oxygen atoms in total. The zero-order chi connectivity index (χ0) is 13.1. The van der Waals surface area contributed by atoms with Crippen molar-refractivity contribution < 1.29 is 14.7 Å². The van der Waals surface area contributed by atoms with E-state index in [0.29, 0.717) is 10.9 Å². The first-order chi connectivity index (χ1) is 7.92. The van der Waals surface area contributed by atoms with E-state index in [-0.39, 0.29) is 0 Å². The number of benzene rings is 1. The molecule has 1 aromatic carbocycles. The summed E-state index contributed by atoms with van der Waals surface area (Å²) in [5, 5.41) is 0. The van der Waals surface area contributed by atoms with Crippen LogP contribution in [0.25, 0.3) is 0 Å². The Morgan fingerprint density at radius 1 is 1.06 bits per heavy atom. The lowest BCUT2D eigenvalue weighted by atomic mass is 9.96. The first-order valence-electron chi connectivity index (χ1n) is 5.81. The van der Waals surface area contributed by atoms with Gasteiger partial charge in [0.15, 0.2) is 0 Å². The van der Waals surface area contributed by atoms with Crippen LogP contribution in [0.5, 0.6) is 0 Å². The quantitative estimate of drug-likeness (QED) is 0.650. The minimum absolute atomic E-state index is 0.667. The highest BCUT2D eigenvalue weighted by atomic mass is 32.5. The molecule has 96 valence electrons. The summed E-state index contributed by atoms with van der Waals surface area (Å²) in [4.78, 5) is 29.9. The van der Waals surface area contributed by atoms with Crippen molar-refractivity contribution in [3.8, 4) is 0 Å². The highest BCUT2D eigenvalue weighted by Crippen LogP contribution is 2.31. The van der Waals surface area contributed by atoms with Crippen LogP contribution in [0, 0.1) is 0 Å². The van der Waals surface area contributed by atoms with Gasteiger partial charge in [0.1, 0.15) is 0 Å². The average molecular weight is 274 g/mol. The zero-order valence-corrected chi connectivity index (χ0v) is 12.1. The van der Waals surface area contributed by atoms with Crippen LogP contribution in [0.2, 0.25) is 0 Å². The van der Waals surface area contributed by atoms with E-state index in [2.05, 4.69) is 13.8 Å². The van der Waals surface area contributed by atoms with E-state index in [1.54, 1.807) is 0 Å². The number of hydrogen-bond donors (Lipinski definition) is 2. The molecule has 5 heteroatoms. The summed E-state index contributed by atoms with van der Waals surface area (Å²) in [5.74, 6) is 0. The van der Waals surface area contributed by atoms with Gasteiger partial charge in [0.05, 0.1) is 0 Å². The number of rotatable bonds is 4. The molecule has 0 aliphatic rings. The van der Waals surface area contributed by atoms with Crippen molar-refractivity contribution in [3.05, 3.63) is 28.8 Å². The molecule has 1 rings (SSSR count). The van der Waals surface area contributed by atoms with Crippen LogP contribution >= 0.6 is 6.72 Å². The second kappa shape index (κ2) is 6.07. The van der Waals surface area contributed by atoms with E-state index in [1.165, 1.54) is 11.1 Å². The summed E-state index contributed by atoms with van der Waals surface area (Å²) in [6.45, 7) is 2.14. The van der Waals surface area contributed by atoms with Crippen molar-refractivity contribution >= 4 is 17.7 Å². The molecule has 0 spiro atoms. The zero-order valence-electron chi connectivity index (χ0n) is 10.4. The summed E-state index contributed by atoms with van der Waals surface area (Å²) in [6.07, 6.45) is 2.66. The monoisotopic (exact) mass is 274 g/mol. The molecule has 2 N–H and O–H groups in total. The molecule has 0 aliphatic heterocycles. The van der Waals surface area contributed by atoms with Gasteiger partial charge in [-0.1, -0.05) is 26.8 Å². The summed E-state index contributed by atoms with van der Waals surface area (Å²) in [5.41, 5.74) is 3.60. The molecule has 17 heavy (non-hydrogen) atoms. The number of hydrogen-bond acceptors (Lipinski definition) is 1. The minimum atomic E-state index is -4.06. The normalized spacial score (nSPS) is 11.6. The molecule has 0 unspecified atom stereocenters. The minimum Gasteiger partial charge on any atom is -0.742 e. The Morgan fingerprint density at radius 2 is 1.65 bits per heavy atom. The van der Waals surface area contributed by atoms with Gasteiger partial charge in [-0.05, 0) is 30.4 Å². The van der Waals surface area contributed by atoms with E-state index in [4.69, 9.17) is 9.79 Å². The van der Waals surface area contributed by atoms with Gasteiger partial charge in [0, 0.05) is 11.6 Å². The van der Waals surface area contributed by atoms with E-state index < -0.39 is 6.72 Å². The fraction of sp³-hybridized carbons (Fsp3) is 0.500. The number of aryl methyl sites for hydroxylation is 1. The maximum Gasteiger partial charge on any atom is 0.321 e. The summed E-state index contributed by atoms with van der Waals surface area (Å²) in [7, 11) is 0.667. The Labute approximate surface area is 106 Å². The SMILES string of the molecule is CCc1ccc([S+]=P([O-])(O)O)c(CC)c1CC. The third-order valence-electron chi connectivity index (χ3n) is 2.79. The van der Waals surface area contributed by atoms with Crippen LogP contribution in [0.4, 0.5) is 0 Å². The summed E-state index contributed by atoms with van der Waals surface area (Å²) < 4.78 is 0. The predicted molar refractivity (Wildman–Crippen MR) is 71.6 cm³/mol. The summed E-state index contributed by atoms with van der Waals surface area (Å²) in [6, 6.07) is 3.82. The highest BCUT2D eigenvalue weighted by Gasteiger charge is 2.19. The first-order valence-corrected chi connectivity index (χ1v) is 8.85. The van der Waals surface area contributed by atoms with Crippen LogP contribution in [0.3, 0.4) is 0 Å². The van der Waals surface area contributed by atoms with Crippen molar-refractivity contribution in [2.75, 3.05) is 0 Å². The fourth-order valence-electron chi connectivity index (χ4n) is 2.09. The highest BCUT2D eigenvalue weighted by molar-refractivity contribution is 8.16. The van der Waals surface area contributed by atoms with Gasteiger partial charge in [0.2, 0.25) is 15.8 Å². The Balaban J connectivity index is 3.44. The lowest BCUT2D eigenvalue weighted by Gasteiger charge is -2.11. The van der Waals surface area contributed by atoms with Crippen molar-refractivity contribution in [3.63, 3.8) is 0 Å². The Morgan fingerprint density at radius 3 is 2.06 bits per heavy atom. The van der Waals surface area contributed by atoms with Crippen molar-refractivity contribution in [2.24, 2.45) is 0 Å². The third kappa shape index (κ3) is 3.87. The Bertz CT molecular complexity index is 443. The standard InChI is InChI=1S/C12H19O3PS/c1-4-9-7-8-12(17-16(13,14)15)11(6-3)10(9)5-2/h7-8H,4-6H2,1-3H3,(H2-,13,14,15). The first kappa shape index (κ1) is 14.8. The molecule has 0 heterocycles. The van der Waals surface area contributed by atoms with Gasteiger partial charge in [0.25, 0.3) is 0 Å². The van der Waals surface area contributed by atoms with Gasteiger partial charge >= 0.3 is 6.72 Å². The molecule has 0 amide bonds. The molecule has 0 atom stereocenters. The average Bonchev–Trinajstić information content (AvgIpc) is 2.26. The van der Waals surface area contributed by atoms with E-state index in [1.807, 2.05) is 19.1 Å². The fourth-order valence-corrected chi connectivity index (χ4v) is 4.14. The van der Waals surface area contributed by atoms with Crippen LogP contribution in [-0.2, 0) is 30.2 Å². The van der Waals surface area contributed by atoms with Crippen LogP contribution in [-0.4, -0.2) is 9.79 Å². The maximum atomic E-state index is 11.1. The lowest BCUT2D eigenvalue weighted by Crippen LogP contribution is -2.03. The van der Waals surface area contributed by atoms with E-state index in [9.17, 15) is 4.89 Å². The molecule has 0 saturated carbocycles. The molecular weight excluding hydrogens is 255 g/mol. The van der Waals surface area contributed by atoms with Crippen molar-refractivity contribution in [1.29, 1.82) is 0 Å². The van der Waals surface area contributed by atoms with Crippen molar-refractivity contribution in [1.82, 2.24) is 0 Å². The van der Waals surface area contributed by atoms with Gasteiger partial charge < -0.3 is 14.7 Å². The lowest BCUT2D eigenvalue weighted by molar-refractivity contribution is -0.196. The second-order valence-electron chi connectivity index (χ2n) is 3.82. The van der Waals surface area contributed by atoms with Crippen LogP contribution < -0.4 is 4.89 Å². The Hall–Kier alpha value is -0.250. The van der Waals surface area contributed by atoms with E-state index in [0.717, 1.165) is 29.7 Å². The molecule has 0 aromatic heterocycles. The van der Waals surface area contributed by atoms with E-state index >= 15 is 0 Å². The maximum absolute atomic E-state index is 11.1.